The molecule has 2 N–H and O–H groups in total. The molecule has 272 valence electrons. The van der Waals surface area contributed by atoms with E-state index < -0.39 is 73.2 Å². The maximum atomic E-state index is 14.0. The number of cyclic esters (lactones) is 1. The van der Waals surface area contributed by atoms with Crippen LogP contribution < -0.4 is 5.32 Å². The number of esters is 1. The third kappa shape index (κ3) is 10.9. The molecule has 3 heterocycles. The molecule has 0 unspecified atom stereocenters. The molecule has 3 rings (SSSR count). The number of hydroxylamine groups is 3. The lowest BCUT2D eigenvalue weighted by atomic mass is 9.94. The van der Waals surface area contributed by atoms with Gasteiger partial charge in [0.05, 0.1) is 43.2 Å². The van der Waals surface area contributed by atoms with Crippen molar-refractivity contribution in [2.45, 2.75) is 84.3 Å². The zero-order valence-corrected chi connectivity index (χ0v) is 30.0. The Balaban J connectivity index is 2.01. The number of allylic oxidation sites excluding steroid dienone is 2. The summed E-state index contributed by atoms with van der Waals surface area (Å²) in [6, 6.07) is -1.55. The molecule has 5 atom stereocenters. The Morgan fingerprint density at radius 2 is 1.86 bits per heavy atom. The van der Waals surface area contributed by atoms with Crippen molar-refractivity contribution in [1.82, 2.24) is 15.2 Å². The van der Waals surface area contributed by atoms with Crippen LogP contribution in [0, 0.1) is 17.0 Å². The van der Waals surface area contributed by atoms with Gasteiger partial charge >= 0.3 is 5.97 Å². The molecule has 14 nitrogen and oxygen atoms in total. The van der Waals surface area contributed by atoms with Gasteiger partial charge in [-0.15, -0.1) is 0 Å². The lowest BCUT2D eigenvalue weighted by Crippen LogP contribution is -2.51. The Hall–Kier alpha value is -3.66. The summed E-state index contributed by atoms with van der Waals surface area (Å²) < 4.78 is 38.1. The average Bonchev–Trinajstić information content (AvgIpc) is 3.70. The Morgan fingerprint density at radius 3 is 2.51 bits per heavy atom. The predicted octanol–water partition coefficient (Wildman–Crippen LogP) is 2.28. The highest BCUT2D eigenvalue weighted by Gasteiger charge is 2.50. The van der Waals surface area contributed by atoms with Gasteiger partial charge < -0.3 is 34.3 Å². The van der Waals surface area contributed by atoms with Gasteiger partial charge in [0.15, 0.2) is 15.5 Å². The monoisotopic (exact) mass is 706 g/mol. The molecule has 1 aromatic rings. The molecule has 0 aromatic carbocycles. The summed E-state index contributed by atoms with van der Waals surface area (Å²) in [4.78, 5) is 58.2. The smallest absolute Gasteiger partial charge is 0.330 e. The largest absolute Gasteiger partial charge is 0.633 e. The van der Waals surface area contributed by atoms with Gasteiger partial charge in [-0.1, -0.05) is 50.6 Å². The highest BCUT2D eigenvalue weighted by Crippen LogP contribution is 2.30. The lowest BCUT2D eigenvalue weighted by Gasteiger charge is -2.41. The number of ether oxygens (including phenoxy) is 1. The van der Waals surface area contributed by atoms with Crippen LogP contribution in [0.2, 0.25) is 0 Å². The molecule has 0 radical (unpaired) electrons. The molecular formula is C34H50N4O10S. The van der Waals surface area contributed by atoms with Crippen molar-refractivity contribution in [3.63, 3.8) is 0 Å². The highest BCUT2D eigenvalue weighted by molar-refractivity contribution is 7.92. The number of quaternary nitrogens is 1. The van der Waals surface area contributed by atoms with Crippen molar-refractivity contribution in [3.8, 4) is 0 Å². The summed E-state index contributed by atoms with van der Waals surface area (Å²) >= 11 is 0. The molecule has 0 aliphatic carbocycles. The molecule has 2 bridgehead atoms. The molecule has 2 aliphatic rings. The van der Waals surface area contributed by atoms with Crippen LogP contribution in [0.25, 0.3) is 0 Å². The fraction of sp³-hybridized carbons (Fsp3) is 0.618. The Kier molecular flexibility index (Phi) is 14.1. The Labute approximate surface area is 288 Å². The number of sulfone groups is 1. The minimum atomic E-state index is -4.09. The van der Waals surface area contributed by atoms with Gasteiger partial charge in [-0.2, -0.15) is 0 Å². The van der Waals surface area contributed by atoms with Crippen LogP contribution >= 0.6 is 0 Å². The third-order valence-corrected chi connectivity index (χ3v) is 11.2. The number of hydrogen-bond donors (Lipinski definition) is 2. The van der Waals surface area contributed by atoms with Crippen LogP contribution in [-0.4, -0.2) is 114 Å². The Bertz CT molecular complexity index is 1540. The summed E-state index contributed by atoms with van der Waals surface area (Å²) in [6.45, 7) is 10.7. The van der Waals surface area contributed by atoms with E-state index in [2.05, 4.69) is 10.3 Å². The summed E-state index contributed by atoms with van der Waals surface area (Å²) in [6.07, 6.45) is 6.33. The topological polar surface area (TPSA) is 196 Å². The fourth-order valence-electron chi connectivity index (χ4n) is 6.03. The number of aliphatic hydroxyl groups excluding tert-OH is 1. The summed E-state index contributed by atoms with van der Waals surface area (Å²) in [7, 11) is -4.09. The van der Waals surface area contributed by atoms with Crippen molar-refractivity contribution in [2.24, 2.45) is 11.8 Å². The van der Waals surface area contributed by atoms with E-state index in [4.69, 9.17) is 9.15 Å². The van der Waals surface area contributed by atoms with Gasteiger partial charge in [0.1, 0.15) is 24.2 Å². The number of carbonyl (C=O) groups excluding carboxylic acids is 4. The van der Waals surface area contributed by atoms with Crippen LogP contribution in [-0.2, 0) is 35.4 Å². The quantitative estimate of drug-likeness (QED) is 0.240. The number of nitrogens with one attached hydrogen (secondary N) is 1. The van der Waals surface area contributed by atoms with E-state index >= 15 is 0 Å². The molecular weight excluding hydrogens is 656 g/mol. The van der Waals surface area contributed by atoms with Crippen LogP contribution in [0.5, 0.6) is 0 Å². The van der Waals surface area contributed by atoms with Crippen molar-refractivity contribution in [1.29, 1.82) is 0 Å². The molecule has 2 amide bonds. The van der Waals surface area contributed by atoms with E-state index in [1.807, 2.05) is 13.8 Å². The summed E-state index contributed by atoms with van der Waals surface area (Å²) in [5.41, 5.74) is 0.443. The number of rotatable bonds is 7. The van der Waals surface area contributed by atoms with Gasteiger partial charge in [0, 0.05) is 25.4 Å². The molecule has 1 aromatic heterocycles. The predicted molar refractivity (Wildman–Crippen MR) is 181 cm³/mol. The molecule has 49 heavy (non-hydrogen) atoms. The van der Waals surface area contributed by atoms with E-state index in [9.17, 15) is 37.9 Å². The number of hydrogen-bond acceptors (Lipinski definition) is 11. The number of fused-ring (bicyclic) bond motifs is 3. The molecule has 0 saturated carbocycles. The van der Waals surface area contributed by atoms with Gasteiger partial charge in [0.2, 0.25) is 11.8 Å². The number of aromatic nitrogens is 1. The SMILES string of the molecule is CC[N+]([O-])(CC)CCS(=O)(=O)[C@@H]1CCN2C(=O)c3coc(n3)CC(=O)C[C@H](O)/C=C(C)/C=C/CNC(=O)/C=C/[C@@H](C)[C@@H](C(C)C)OC(=O)[C@@H]12. The van der Waals surface area contributed by atoms with Crippen molar-refractivity contribution >= 4 is 33.4 Å². The van der Waals surface area contributed by atoms with Crippen molar-refractivity contribution < 1.29 is 46.5 Å². The first-order valence-electron chi connectivity index (χ1n) is 16.8. The third-order valence-electron chi connectivity index (χ3n) is 9.01. The van der Waals surface area contributed by atoms with Crippen molar-refractivity contribution in [3.05, 3.63) is 59.0 Å². The summed E-state index contributed by atoms with van der Waals surface area (Å²) in [5.74, 6) is -3.81. The number of Topliss-reactive ketones (excluding diaryl/α,β-unsaturated/α-hetero) is 1. The minimum Gasteiger partial charge on any atom is -0.633 e. The maximum Gasteiger partial charge on any atom is 0.330 e. The highest BCUT2D eigenvalue weighted by atomic mass is 32.2. The average molecular weight is 707 g/mol. The molecule has 0 spiro atoms. The van der Waals surface area contributed by atoms with E-state index in [0.717, 1.165) is 11.2 Å². The van der Waals surface area contributed by atoms with Gasteiger partial charge in [-0.3, -0.25) is 14.4 Å². The first-order chi connectivity index (χ1) is 23.0. The van der Waals surface area contributed by atoms with E-state index in [1.165, 1.54) is 12.2 Å². The van der Waals surface area contributed by atoms with Gasteiger partial charge in [-0.05, 0) is 39.2 Å². The van der Waals surface area contributed by atoms with E-state index in [1.54, 1.807) is 45.9 Å². The normalized spacial score (nSPS) is 28.0. The first kappa shape index (κ1) is 39.8. The minimum absolute atomic E-state index is 0.0740. The number of amides is 2. The van der Waals surface area contributed by atoms with Crippen LogP contribution in [0.4, 0.5) is 0 Å². The second kappa shape index (κ2) is 17.3. The van der Waals surface area contributed by atoms with E-state index in [0.29, 0.717) is 5.57 Å². The van der Waals surface area contributed by atoms with Crippen LogP contribution in [0.1, 0.15) is 70.8 Å². The standard InChI is InChI=1S/C34H50N4O10S/c1-7-38(44,8-2)16-17-49(45,46)28-13-15-37-31(28)34(43)48-32(22(3)4)24(6)11-12-29(41)35-14-9-10-23(5)18-25(39)19-26(40)20-30-36-27(21-47-30)33(37)42/h9-12,18,21-22,24-25,28,31-32,39H,7-8,13-17,19-20H2,1-6H3,(H,35,41)/b10-9+,12-11+,23-18+/t24-,25-,28-,31-,32-/m1/s1. The number of oxazole rings is 1. The maximum absolute atomic E-state index is 14.0. The van der Waals surface area contributed by atoms with Crippen LogP contribution in [0.3, 0.4) is 0 Å². The molecule has 1 fully saturated rings. The Morgan fingerprint density at radius 1 is 1.16 bits per heavy atom. The number of nitrogens with zero attached hydrogens (tertiary/aromatic N) is 3. The van der Waals surface area contributed by atoms with Gasteiger partial charge in [0.25, 0.3) is 5.91 Å². The first-order valence-corrected chi connectivity index (χ1v) is 18.5. The van der Waals surface area contributed by atoms with E-state index in [-0.39, 0.29) is 69.5 Å². The van der Waals surface area contributed by atoms with Crippen molar-refractivity contribution in [2.75, 3.05) is 38.5 Å². The number of carbonyl (C=O) groups is 4. The zero-order chi connectivity index (χ0) is 36.5. The number of ketones is 1. The number of aliphatic hydroxyl groups is 1. The van der Waals surface area contributed by atoms with Gasteiger partial charge in [-0.25, -0.2) is 18.2 Å². The summed E-state index contributed by atoms with van der Waals surface area (Å²) in [5, 5.41) is 24.7. The molecule has 1 saturated heterocycles. The molecule has 15 heteroatoms. The second-order valence-corrected chi connectivity index (χ2v) is 15.4. The zero-order valence-electron chi connectivity index (χ0n) is 29.2. The lowest BCUT2D eigenvalue weighted by molar-refractivity contribution is -0.874. The fourth-order valence-corrected chi connectivity index (χ4v) is 8.03. The van der Waals surface area contributed by atoms with Crippen LogP contribution in [0.15, 0.2) is 46.6 Å². The molecule has 2 aliphatic heterocycles. The second-order valence-electron chi connectivity index (χ2n) is 13.1.